The molecule has 1 fully saturated rings. The molecule has 0 amide bonds. The fourth-order valence-corrected chi connectivity index (χ4v) is 3.83. The van der Waals surface area contributed by atoms with Gasteiger partial charge in [0.25, 0.3) is 0 Å². The first kappa shape index (κ1) is 14.5. The van der Waals surface area contributed by atoms with E-state index in [1.54, 1.807) is 0 Å². The van der Waals surface area contributed by atoms with Crippen molar-refractivity contribution in [3.05, 3.63) is 0 Å². The Morgan fingerprint density at radius 3 is 1.94 bits per heavy atom. The average Bonchev–Trinajstić information content (AvgIpc) is 2.09. The number of aliphatic carboxylic acids is 1. The number of carboxylic acids is 1. The fraction of sp³-hybridized carbons (Fsp3) is 0.929. The van der Waals surface area contributed by atoms with Gasteiger partial charge in [0.05, 0.1) is 0 Å². The van der Waals surface area contributed by atoms with Crippen molar-refractivity contribution in [3.8, 4) is 0 Å². The van der Waals surface area contributed by atoms with Gasteiger partial charge in [-0.2, -0.15) is 0 Å². The van der Waals surface area contributed by atoms with Crippen molar-refractivity contribution in [1.29, 1.82) is 0 Å². The van der Waals surface area contributed by atoms with Gasteiger partial charge in [0.1, 0.15) is 5.54 Å². The number of carbonyl (C=O) groups is 1. The molecule has 3 heteroatoms. The van der Waals surface area contributed by atoms with Crippen LogP contribution >= 0.6 is 0 Å². The molecule has 0 atom stereocenters. The van der Waals surface area contributed by atoms with Crippen molar-refractivity contribution < 1.29 is 9.90 Å². The Kier molecular flexibility index (Phi) is 3.92. The normalized spacial score (nSPS) is 25.5. The highest BCUT2D eigenvalue weighted by Gasteiger charge is 2.51. The minimum Gasteiger partial charge on any atom is -0.480 e. The molecule has 0 spiro atoms. The van der Waals surface area contributed by atoms with Crippen molar-refractivity contribution >= 4 is 5.97 Å². The predicted molar refractivity (Wildman–Crippen MR) is 70.1 cm³/mol. The second-order valence-corrected chi connectivity index (χ2v) is 7.17. The van der Waals surface area contributed by atoms with Crippen LogP contribution in [0.4, 0.5) is 0 Å². The largest absolute Gasteiger partial charge is 0.480 e. The lowest BCUT2D eigenvalue weighted by Crippen LogP contribution is -2.60. The van der Waals surface area contributed by atoms with Gasteiger partial charge in [-0.15, -0.1) is 0 Å². The van der Waals surface area contributed by atoms with E-state index in [1.807, 2.05) is 0 Å². The summed E-state index contributed by atoms with van der Waals surface area (Å²) in [5.41, 5.74) is -0.566. The summed E-state index contributed by atoms with van der Waals surface area (Å²) in [5.74, 6) is -0.688. The van der Waals surface area contributed by atoms with Crippen LogP contribution in [0.15, 0.2) is 0 Å². The van der Waals surface area contributed by atoms with Gasteiger partial charge in [-0.3, -0.25) is 4.79 Å². The number of nitrogens with one attached hydrogen (secondary N) is 1. The van der Waals surface area contributed by atoms with Crippen LogP contribution in [-0.4, -0.2) is 23.2 Å². The van der Waals surface area contributed by atoms with Gasteiger partial charge in [-0.05, 0) is 43.1 Å². The first-order chi connectivity index (χ1) is 7.63. The maximum Gasteiger partial charge on any atom is 0.323 e. The number of hydrogen-bond donors (Lipinski definition) is 2. The maximum atomic E-state index is 11.7. The minimum atomic E-state index is -0.735. The van der Waals surface area contributed by atoms with E-state index in [0.29, 0.717) is 0 Å². The second-order valence-electron chi connectivity index (χ2n) is 7.17. The second kappa shape index (κ2) is 4.60. The van der Waals surface area contributed by atoms with Crippen LogP contribution in [0.5, 0.6) is 0 Å². The molecule has 1 aliphatic carbocycles. The minimum absolute atomic E-state index is 0.0842. The van der Waals surface area contributed by atoms with Gasteiger partial charge < -0.3 is 10.4 Å². The monoisotopic (exact) mass is 241 g/mol. The summed E-state index contributed by atoms with van der Waals surface area (Å²) >= 11 is 0. The van der Waals surface area contributed by atoms with Crippen LogP contribution in [0.2, 0.25) is 0 Å². The van der Waals surface area contributed by atoms with Gasteiger partial charge in [-0.25, -0.2) is 0 Å². The number of carboxylic acid groups (broad SMARTS) is 1. The molecule has 0 aromatic rings. The molecule has 1 saturated carbocycles. The van der Waals surface area contributed by atoms with Crippen molar-refractivity contribution in [2.75, 3.05) is 6.54 Å². The molecule has 0 saturated heterocycles. The molecule has 17 heavy (non-hydrogen) atoms. The highest BCUT2D eigenvalue weighted by molar-refractivity contribution is 5.79. The lowest BCUT2D eigenvalue weighted by molar-refractivity contribution is -0.151. The summed E-state index contributed by atoms with van der Waals surface area (Å²) in [4.78, 5) is 11.7. The third-order valence-electron chi connectivity index (χ3n) is 3.64. The summed E-state index contributed by atoms with van der Waals surface area (Å²) in [6, 6.07) is 0. The van der Waals surface area contributed by atoms with Crippen LogP contribution in [0.3, 0.4) is 0 Å². The van der Waals surface area contributed by atoms with Gasteiger partial charge in [-0.1, -0.05) is 34.6 Å². The first-order valence-corrected chi connectivity index (χ1v) is 6.61. The molecule has 0 heterocycles. The summed E-state index contributed by atoms with van der Waals surface area (Å²) in [7, 11) is 0. The Morgan fingerprint density at radius 1 is 1.12 bits per heavy atom. The molecule has 0 aromatic heterocycles. The van der Waals surface area contributed by atoms with Crippen LogP contribution < -0.4 is 5.32 Å². The molecule has 0 aliphatic heterocycles. The Labute approximate surface area is 105 Å². The predicted octanol–water partition coefficient (Wildman–Crippen LogP) is 3.05. The third kappa shape index (κ3) is 3.44. The van der Waals surface area contributed by atoms with Crippen molar-refractivity contribution in [3.63, 3.8) is 0 Å². The molecule has 0 radical (unpaired) electrons. The standard InChI is InChI=1S/C14H27NO2/c1-6-7-15-14(11(16)17)9-12(2,3)8-13(4,5)10-14/h15H,6-10H2,1-5H3,(H,16,17). The van der Waals surface area contributed by atoms with E-state index < -0.39 is 11.5 Å². The SMILES string of the molecule is CCCNC1(C(=O)O)CC(C)(C)CC(C)(C)C1. The Hall–Kier alpha value is -0.570. The van der Waals surface area contributed by atoms with Crippen LogP contribution in [0, 0.1) is 10.8 Å². The molecule has 1 rings (SSSR count). The zero-order chi connectivity index (χ0) is 13.3. The highest BCUT2D eigenvalue weighted by atomic mass is 16.4. The van der Waals surface area contributed by atoms with E-state index in [4.69, 9.17) is 0 Å². The van der Waals surface area contributed by atoms with Gasteiger partial charge in [0, 0.05) is 0 Å². The van der Waals surface area contributed by atoms with E-state index >= 15 is 0 Å². The molecule has 0 unspecified atom stereocenters. The Balaban J connectivity index is 2.99. The topological polar surface area (TPSA) is 49.3 Å². The van der Waals surface area contributed by atoms with E-state index in [2.05, 4.69) is 39.9 Å². The molecule has 1 aliphatic rings. The summed E-state index contributed by atoms with van der Waals surface area (Å²) in [6.45, 7) is 11.6. The van der Waals surface area contributed by atoms with E-state index in [9.17, 15) is 9.90 Å². The van der Waals surface area contributed by atoms with Crippen LogP contribution in [-0.2, 0) is 4.79 Å². The van der Waals surface area contributed by atoms with Gasteiger partial charge in [0.15, 0.2) is 0 Å². The molecule has 3 nitrogen and oxygen atoms in total. The first-order valence-electron chi connectivity index (χ1n) is 6.61. The summed E-state index contributed by atoms with van der Waals surface area (Å²) < 4.78 is 0. The summed E-state index contributed by atoms with van der Waals surface area (Å²) in [6.07, 6.45) is 3.50. The average molecular weight is 241 g/mol. The molecule has 0 bridgehead atoms. The zero-order valence-electron chi connectivity index (χ0n) is 11.9. The third-order valence-corrected chi connectivity index (χ3v) is 3.64. The lowest BCUT2D eigenvalue weighted by Gasteiger charge is -2.50. The molecule has 0 aromatic carbocycles. The maximum absolute atomic E-state index is 11.7. The smallest absolute Gasteiger partial charge is 0.323 e. The molecule has 2 N–H and O–H groups in total. The van der Waals surface area contributed by atoms with Gasteiger partial charge >= 0.3 is 5.97 Å². The number of hydrogen-bond acceptors (Lipinski definition) is 2. The molecule has 100 valence electrons. The van der Waals surface area contributed by atoms with Crippen molar-refractivity contribution in [2.45, 2.75) is 65.8 Å². The fourth-order valence-electron chi connectivity index (χ4n) is 3.83. The quantitative estimate of drug-likeness (QED) is 0.795. The summed E-state index contributed by atoms with van der Waals surface area (Å²) in [5, 5.41) is 12.9. The van der Waals surface area contributed by atoms with Gasteiger partial charge in [0.2, 0.25) is 0 Å². The van der Waals surface area contributed by atoms with E-state index in [0.717, 1.165) is 32.2 Å². The Bertz CT molecular complexity index is 279. The van der Waals surface area contributed by atoms with Crippen molar-refractivity contribution in [1.82, 2.24) is 5.32 Å². The van der Waals surface area contributed by atoms with E-state index in [1.165, 1.54) is 0 Å². The molecular weight excluding hydrogens is 214 g/mol. The Morgan fingerprint density at radius 2 is 1.59 bits per heavy atom. The highest BCUT2D eigenvalue weighted by Crippen LogP contribution is 2.50. The van der Waals surface area contributed by atoms with Crippen LogP contribution in [0.25, 0.3) is 0 Å². The molecular formula is C14H27NO2. The lowest BCUT2D eigenvalue weighted by atomic mass is 9.58. The van der Waals surface area contributed by atoms with Crippen LogP contribution in [0.1, 0.15) is 60.3 Å². The van der Waals surface area contributed by atoms with Crippen molar-refractivity contribution in [2.24, 2.45) is 10.8 Å². The number of rotatable bonds is 4. The zero-order valence-corrected chi connectivity index (χ0v) is 11.9. The van der Waals surface area contributed by atoms with E-state index in [-0.39, 0.29) is 10.8 Å².